The molecule has 0 atom stereocenters. The summed E-state index contributed by atoms with van der Waals surface area (Å²) >= 11 is 0. The first-order valence-electron chi connectivity index (χ1n) is 13.6. The van der Waals surface area contributed by atoms with Gasteiger partial charge in [-0.2, -0.15) is 0 Å². The molecule has 6 nitrogen and oxygen atoms in total. The summed E-state index contributed by atoms with van der Waals surface area (Å²) in [6.45, 7) is 4.58. The first-order chi connectivity index (χ1) is 20.1. The van der Waals surface area contributed by atoms with Crippen molar-refractivity contribution in [1.82, 2.24) is 29.9 Å². The summed E-state index contributed by atoms with van der Waals surface area (Å²) in [5.41, 5.74) is 10.9. The number of nitrogens with zero attached hydrogens (tertiary/aromatic N) is 6. The quantitative estimate of drug-likeness (QED) is 0.234. The fourth-order valence-electron chi connectivity index (χ4n) is 6.11. The fraction of sp³-hybridized carbons (Fsp3) is 0.0857. The second-order valence-corrected chi connectivity index (χ2v) is 10.9. The van der Waals surface area contributed by atoms with E-state index >= 15 is 0 Å². The van der Waals surface area contributed by atoms with Crippen LogP contribution in [-0.4, -0.2) is 29.9 Å². The Morgan fingerprint density at radius 1 is 0.488 bits per heavy atom. The highest BCUT2D eigenvalue weighted by Gasteiger charge is 2.35. The fourth-order valence-corrected chi connectivity index (χ4v) is 6.11. The van der Waals surface area contributed by atoms with Crippen LogP contribution in [0.3, 0.4) is 0 Å². The highest BCUT2D eigenvalue weighted by Crippen LogP contribution is 2.49. The molecule has 0 bridgehead atoms. The molecule has 1 aliphatic carbocycles. The summed E-state index contributed by atoms with van der Waals surface area (Å²) in [4.78, 5) is 28.2. The highest BCUT2D eigenvalue weighted by molar-refractivity contribution is 5.95. The molecule has 41 heavy (non-hydrogen) atoms. The molecule has 0 radical (unpaired) electrons. The summed E-state index contributed by atoms with van der Waals surface area (Å²) in [5.74, 6) is 0.662. The summed E-state index contributed by atoms with van der Waals surface area (Å²) in [6.07, 6.45) is 7.09. The molecule has 6 heteroatoms. The number of hydrogen-bond donors (Lipinski definition) is 0. The van der Waals surface area contributed by atoms with Crippen LogP contribution < -0.4 is 0 Å². The van der Waals surface area contributed by atoms with E-state index in [0.29, 0.717) is 17.1 Å². The van der Waals surface area contributed by atoms with Crippen molar-refractivity contribution in [2.75, 3.05) is 0 Å². The standard InChI is InChI=1S/C35H24N6/c1-35(2)28-10-4-3-7-22(28)23-12-11-21(19-29(23)35)32-40-30(24-13-17-38-33-26(24)8-5-15-36-33)20-31(41-32)25-14-18-39-34-27(25)9-6-16-37-34/h3-20H,1-2H3. The molecule has 5 heterocycles. The van der Waals surface area contributed by atoms with E-state index in [0.717, 1.165) is 38.9 Å². The van der Waals surface area contributed by atoms with Gasteiger partial charge in [0.05, 0.1) is 11.4 Å². The molecule has 0 unspecified atom stereocenters. The van der Waals surface area contributed by atoms with E-state index in [-0.39, 0.29) is 5.41 Å². The molecule has 194 valence electrons. The summed E-state index contributed by atoms with van der Waals surface area (Å²) in [6, 6.07) is 29.2. The zero-order valence-corrected chi connectivity index (χ0v) is 22.6. The Bertz CT molecular complexity index is 2040. The minimum Gasteiger partial charge on any atom is -0.237 e. The summed E-state index contributed by atoms with van der Waals surface area (Å²) in [5, 5.41) is 1.88. The molecule has 2 aromatic carbocycles. The van der Waals surface area contributed by atoms with Crippen LogP contribution in [0.2, 0.25) is 0 Å². The van der Waals surface area contributed by atoms with E-state index in [1.807, 2.05) is 42.5 Å². The molecule has 0 amide bonds. The van der Waals surface area contributed by atoms with Gasteiger partial charge in [-0.1, -0.05) is 50.2 Å². The molecular weight excluding hydrogens is 504 g/mol. The van der Waals surface area contributed by atoms with E-state index in [1.165, 1.54) is 22.3 Å². The van der Waals surface area contributed by atoms with Crippen molar-refractivity contribution >= 4 is 22.1 Å². The van der Waals surface area contributed by atoms with Crippen molar-refractivity contribution in [3.63, 3.8) is 0 Å². The van der Waals surface area contributed by atoms with Crippen LogP contribution in [-0.2, 0) is 5.41 Å². The number of rotatable bonds is 3. The van der Waals surface area contributed by atoms with Gasteiger partial charge in [-0.3, -0.25) is 0 Å². The molecule has 5 aromatic heterocycles. The van der Waals surface area contributed by atoms with E-state index < -0.39 is 0 Å². The minimum atomic E-state index is -0.123. The maximum atomic E-state index is 5.15. The molecule has 0 spiro atoms. The van der Waals surface area contributed by atoms with Crippen LogP contribution in [0.5, 0.6) is 0 Å². The molecular formula is C35H24N6. The van der Waals surface area contributed by atoms with Crippen LogP contribution in [0.4, 0.5) is 0 Å². The summed E-state index contributed by atoms with van der Waals surface area (Å²) < 4.78 is 0. The van der Waals surface area contributed by atoms with Gasteiger partial charge in [0.15, 0.2) is 17.1 Å². The average molecular weight is 529 g/mol. The van der Waals surface area contributed by atoms with Crippen molar-refractivity contribution in [3.05, 3.63) is 121 Å². The third kappa shape index (κ3) is 3.64. The van der Waals surface area contributed by atoms with E-state index in [2.05, 4.69) is 76.2 Å². The van der Waals surface area contributed by atoms with E-state index in [4.69, 9.17) is 9.97 Å². The number of fused-ring (bicyclic) bond motifs is 5. The zero-order chi connectivity index (χ0) is 27.6. The first-order valence-corrected chi connectivity index (χ1v) is 13.6. The molecule has 0 aliphatic heterocycles. The van der Waals surface area contributed by atoms with Crippen LogP contribution >= 0.6 is 0 Å². The maximum absolute atomic E-state index is 5.15. The molecule has 0 N–H and O–H groups in total. The second-order valence-electron chi connectivity index (χ2n) is 10.9. The van der Waals surface area contributed by atoms with Gasteiger partial charge in [0.1, 0.15) is 0 Å². The van der Waals surface area contributed by atoms with Gasteiger partial charge in [0.2, 0.25) is 0 Å². The Kier molecular flexibility index (Phi) is 5.06. The van der Waals surface area contributed by atoms with E-state index in [1.54, 1.807) is 24.8 Å². The Balaban J connectivity index is 1.38. The SMILES string of the molecule is CC1(C)c2ccccc2-c2ccc(-c3nc(-c4ccnc5ncccc45)cc(-c4ccnc5ncccc45)n3)cc21. The van der Waals surface area contributed by atoms with Crippen molar-refractivity contribution < 1.29 is 0 Å². The molecule has 0 fully saturated rings. The lowest BCUT2D eigenvalue weighted by Crippen LogP contribution is -2.15. The Hall–Kier alpha value is -5.36. The van der Waals surface area contributed by atoms with Crippen molar-refractivity contribution in [3.8, 4) is 45.0 Å². The monoisotopic (exact) mass is 528 g/mol. The van der Waals surface area contributed by atoms with Gasteiger partial charge in [0, 0.05) is 57.7 Å². The highest BCUT2D eigenvalue weighted by atomic mass is 14.9. The third-order valence-corrected chi connectivity index (χ3v) is 8.15. The smallest absolute Gasteiger partial charge is 0.160 e. The van der Waals surface area contributed by atoms with Crippen molar-refractivity contribution in [2.45, 2.75) is 19.3 Å². The zero-order valence-electron chi connectivity index (χ0n) is 22.6. The minimum absolute atomic E-state index is 0.123. The lowest BCUT2D eigenvalue weighted by Gasteiger charge is -2.22. The van der Waals surface area contributed by atoms with Crippen molar-refractivity contribution in [1.29, 1.82) is 0 Å². The molecule has 0 saturated carbocycles. The topological polar surface area (TPSA) is 77.3 Å². The van der Waals surface area contributed by atoms with Gasteiger partial charge < -0.3 is 0 Å². The number of pyridine rings is 4. The van der Waals surface area contributed by atoms with Crippen LogP contribution in [0, 0.1) is 0 Å². The van der Waals surface area contributed by atoms with Gasteiger partial charge in [-0.15, -0.1) is 0 Å². The molecule has 7 aromatic rings. The normalized spacial score (nSPS) is 13.3. The predicted octanol–water partition coefficient (Wildman–Crippen LogP) is 7.67. The molecule has 8 rings (SSSR count). The number of aromatic nitrogens is 6. The lowest BCUT2D eigenvalue weighted by molar-refractivity contribution is 0.660. The predicted molar refractivity (Wildman–Crippen MR) is 162 cm³/mol. The van der Waals surface area contributed by atoms with Crippen molar-refractivity contribution in [2.24, 2.45) is 0 Å². The van der Waals surface area contributed by atoms with Gasteiger partial charge in [-0.05, 0) is 70.8 Å². The van der Waals surface area contributed by atoms with E-state index in [9.17, 15) is 0 Å². The van der Waals surface area contributed by atoms with Crippen LogP contribution in [0.15, 0.2) is 110 Å². The third-order valence-electron chi connectivity index (χ3n) is 8.15. The first kappa shape index (κ1) is 23.5. The molecule has 0 saturated heterocycles. The Labute approximate surface area is 236 Å². The number of benzene rings is 2. The Morgan fingerprint density at radius 2 is 1.07 bits per heavy atom. The second kappa shape index (κ2) is 8.83. The van der Waals surface area contributed by atoms with Gasteiger partial charge in [-0.25, -0.2) is 29.9 Å². The largest absolute Gasteiger partial charge is 0.237 e. The van der Waals surface area contributed by atoms with Crippen LogP contribution in [0.25, 0.3) is 67.1 Å². The number of hydrogen-bond acceptors (Lipinski definition) is 6. The van der Waals surface area contributed by atoms with Gasteiger partial charge >= 0.3 is 0 Å². The molecule has 1 aliphatic rings. The Morgan fingerprint density at radius 3 is 1.73 bits per heavy atom. The summed E-state index contributed by atoms with van der Waals surface area (Å²) in [7, 11) is 0. The average Bonchev–Trinajstić information content (AvgIpc) is 3.26. The lowest BCUT2D eigenvalue weighted by atomic mass is 9.82. The maximum Gasteiger partial charge on any atom is 0.160 e. The van der Waals surface area contributed by atoms with Gasteiger partial charge in [0.25, 0.3) is 0 Å². The van der Waals surface area contributed by atoms with Crippen LogP contribution in [0.1, 0.15) is 25.0 Å².